The van der Waals surface area contributed by atoms with Gasteiger partial charge in [0.2, 0.25) is 0 Å². The van der Waals surface area contributed by atoms with E-state index in [1.807, 2.05) is 18.2 Å². The molecule has 6 heteroatoms. The molecule has 0 aromatic heterocycles. The van der Waals surface area contributed by atoms with Crippen molar-refractivity contribution in [3.8, 4) is 5.75 Å². The molecule has 1 aromatic rings. The standard InChI is InChI=1S/C21H37N5O/c1-6-22-21(23-15-18-8-7-9-19(14-18)27-5)24-16-20(17(2)3)26-12-10-25(4)11-13-26/h7-9,14,17,20H,6,10-13,15-16H2,1-5H3,(H2,22,23,24). The number of piperazine rings is 1. The Morgan fingerprint density at radius 3 is 2.56 bits per heavy atom. The van der Waals surface area contributed by atoms with Gasteiger partial charge in [0, 0.05) is 45.3 Å². The average molecular weight is 376 g/mol. The molecule has 0 bridgehead atoms. The van der Waals surface area contributed by atoms with Crippen LogP contribution in [0.3, 0.4) is 0 Å². The molecular weight excluding hydrogens is 338 g/mol. The summed E-state index contributed by atoms with van der Waals surface area (Å²) < 4.78 is 5.30. The smallest absolute Gasteiger partial charge is 0.191 e. The molecule has 6 nitrogen and oxygen atoms in total. The minimum Gasteiger partial charge on any atom is -0.497 e. The number of likely N-dealkylation sites (N-methyl/N-ethyl adjacent to an activating group) is 1. The highest BCUT2D eigenvalue weighted by Crippen LogP contribution is 2.14. The van der Waals surface area contributed by atoms with E-state index in [4.69, 9.17) is 9.73 Å². The van der Waals surface area contributed by atoms with Crippen LogP contribution in [0.5, 0.6) is 5.75 Å². The zero-order valence-electron chi connectivity index (χ0n) is 17.7. The summed E-state index contributed by atoms with van der Waals surface area (Å²) in [4.78, 5) is 9.78. The van der Waals surface area contributed by atoms with Gasteiger partial charge in [0.25, 0.3) is 0 Å². The molecular formula is C21H37N5O. The number of methoxy groups -OCH3 is 1. The van der Waals surface area contributed by atoms with Crippen LogP contribution in [0.15, 0.2) is 29.3 Å². The molecule has 2 rings (SSSR count). The van der Waals surface area contributed by atoms with Crippen molar-refractivity contribution in [2.75, 3.05) is 53.4 Å². The fourth-order valence-corrected chi connectivity index (χ4v) is 3.42. The fraction of sp³-hybridized carbons (Fsp3) is 0.667. The Morgan fingerprint density at radius 1 is 1.19 bits per heavy atom. The van der Waals surface area contributed by atoms with Crippen LogP contribution in [0.2, 0.25) is 0 Å². The van der Waals surface area contributed by atoms with E-state index >= 15 is 0 Å². The van der Waals surface area contributed by atoms with E-state index in [1.165, 1.54) is 0 Å². The molecule has 1 saturated heterocycles. The fourth-order valence-electron chi connectivity index (χ4n) is 3.42. The average Bonchev–Trinajstić information content (AvgIpc) is 2.67. The summed E-state index contributed by atoms with van der Waals surface area (Å²) in [5.41, 5.74) is 1.14. The van der Waals surface area contributed by atoms with Crippen molar-refractivity contribution in [1.29, 1.82) is 0 Å². The van der Waals surface area contributed by atoms with E-state index in [-0.39, 0.29) is 0 Å². The van der Waals surface area contributed by atoms with E-state index in [0.717, 1.165) is 56.5 Å². The van der Waals surface area contributed by atoms with Crippen LogP contribution in [0.25, 0.3) is 0 Å². The summed E-state index contributed by atoms with van der Waals surface area (Å²) in [5.74, 6) is 2.35. The molecule has 0 spiro atoms. The lowest BCUT2D eigenvalue weighted by molar-refractivity contribution is 0.0900. The van der Waals surface area contributed by atoms with Gasteiger partial charge in [0.05, 0.1) is 13.7 Å². The second kappa shape index (κ2) is 11.1. The molecule has 27 heavy (non-hydrogen) atoms. The van der Waals surface area contributed by atoms with E-state index < -0.39 is 0 Å². The molecule has 2 N–H and O–H groups in total. The SMILES string of the molecule is CCNC(=NCc1cccc(OC)c1)NCC(C(C)C)N1CCN(C)CC1. The van der Waals surface area contributed by atoms with Crippen molar-refractivity contribution in [2.24, 2.45) is 10.9 Å². The van der Waals surface area contributed by atoms with Crippen molar-refractivity contribution < 1.29 is 4.74 Å². The molecule has 0 saturated carbocycles. The second-order valence-electron chi connectivity index (χ2n) is 7.58. The van der Waals surface area contributed by atoms with Crippen LogP contribution in [-0.4, -0.2) is 75.2 Å². The van der Waals surface area contributed by atoms with Gasteiger partial charge >= 0.3 is 0 Å². The maximum absolute atomic E-state index is 5.30. The van der Waals surface area contributed by atoms with Gasteiger partial charge in [-0.1, -0.05) is 26.0 Å². The summed E-state index contributed by atoms with van der Waals surface area (Å²) >= 11 is 0. The molecule has 1 atom stereocenters. The number of aliphatic imine (C=N–C) groups is 1. The maximum Gasteiger partial charge on any atom is 0.191 e. The molecule has 1 heterocycles. The molecule has 1 aliphatic rings. The number of guanidine groups is 1. The summed E-state index contributed by atoms with van der Waals surface area (Å²) in [6.07, 6.45) is 0. The van der Waals surface area contributed by atoms with Gasteiger partial charge in [0.15, 0.2) is 5.96 Å². The first-order valence-corrected chi connectivity index (χ1v) is 10.1. The van der Waals surface area contributed by atoms with Gasteiger partial charge < -0.3 is 20.3 Å². The topological polar surface area (TPSA) is 52.1 Å². The highest BCUT2D eigenvalue weighted by molar-refractivity contribution is 5.79. The highest BCUT2D eigenvalue weighted by atomic mass is 16.5. The Balaban J connectivity index is 1.96. The monoisotopic (exact) mass is 375 g/mol. The van der Waals surface area contributed by atoms with Crippen molar-refractivity contribution in [1.82, 2.24) is 20.4 Å². The number of nitrogens with zero attached hydrogens (tertiary/aromatic N) is 3. The number of rotatable bonds is 8. The van der Waals surface area contributed by atoms with Crippen LogP contribution < -0.4 is 15.4 Å². The van der Waals surface area contributed by atoms with Crippen molar-refractivity contribution in [3.63, 3.8) is 0 Å². The van der Waals surface area contributed by atoms with Crippen LogP contribution in [0.1, 0.15) is 26.3 Å². The Kier molecular flexibility index (Phi) is 8.88. The molecule has 0 amide bonds. The Labute approximate surface area is 165 Å². The number of ether oxygens (including phenoxy) is 1. The zero-order valence-corrected chi connectivity index (χ0v) is 17.7. The molecule has 0 aliphatic carbocycles. The van der Waals surface area contributed by atoms with Gasteiger partial charge in [-0.3, -0.25) is 4.90 Å². The van der Waals surface area contributed by atoms with Crippen LogP contribution in [0.4, 0.5) is 0 Å². The number of benzene rings is 1. The zero-order chi connectivity index (χ0) is 19.6. The van der Waals surface area contributed by atoms with Crippen molar-refractivity contribution in [3.05, 3.63) is 29.8 Å². The molecule has 1 aliphatic heterocycles. The lowest BCUT2D eigenvalue weighted by Crippen LogP contribution is -2.55. The van der Waals surface area contributed by atoms with Crippen LogP contribution in [0, 0.1) is 5.92 Å². The molecule has 152 valence electrons. The molecule has 1 unspecified atom stereocenters. The first-order chi connectivity index (χ1) is 13.0. The molecule has 0 radical (unpaired) electrons. The minimum atomic E-state index is 0.513. The third-order valence-corrected chi connectivity index (χ3v) is 5.15. The van der Waals surface area contributed by atoms with Crippen molar-refractivity contribution in [2.45, 2.75) is 33.4 Å². The predicted octanol–water partition coefficient (Wildman–Crippen LogP) is 2.02. The summed E-state index contributed by atoms with van der Waals surface area (Å²) in [7, 11) is 3.90. The van der Waals surface area contributed by atoms with Gasteiger partial charge in [-0.05, 0) is 37.6 Å². The normalized spacial score (nSPS) is 17.8. The Bertz CT molecular complexity index is 582. The van der Waals surface area contributed by atoms with E-state index in [0.29, 0.717) is 18.5 Å². The summed E-state index contributed by atoms with van der Waals surface area (Å²) in [6.45, 7) is 13.7. The van der Waals surface area contributed by atoms with Crippen molar-refractivity contribution >= 4 is 5.96 Å². The first-order valence-electron chi connectivity index (χ1n) is 10.1. The van der Waals surface area contributed by atoms with Gasteiger partial charge in [-0.25, -0.2) is 4.99 Å². The lowest BCUT2D eigenvalue weighted by Gasteiger charge is -2.40. The quantitative estimate of drug-likeness (QED) is 0.538. The number of hydrogen-bond donors (Lipinski definition) is 2. The van der Waals surface area contributed by atoms with Crippen LogP contribution >= 0.6 is 0 Å². The Hall–Kier alpha value is -1.79. The molecule has 1 aromatic carbocycles. The van der Waals surface area contributed by atoms with Gasteiger partial charge in [0.1, 0.15) is 5.75 Å². The van der Waals surface area contributed by atoms with Gasteiger partial charge in [-0.15, -0.1) is 0 Å². The van der Waals surface area contributed by atoms with E-state index in [1.54, 1.807) is 7.11 Å². The van der Waals surface area contributed by atoms with Crippen LogP contribution in [-0.2, 0) is 6.54 Å². The predicted molar refractivity (Wildman–Crippen MR) is 114 cm³/mol. The lowest BCUT2D eigenvalue weighted by atomic mass is 10.0. The number of hydrogen-bond acceptors (Lipinski definition) is 4. The third-order valence-electron chi connectivity index (χ3n) is 5.15. The minimum absolute atomic E-state index is 0.513. The third kappa shape index (κ3) is 7.03. The first kappa shape index (κ1) is 21.5. The summed E-state index contributed by atoms with van der Waals surface area (Å²) in [6, 6.07) is 8.59. The molecule has 1 fully saturated rings. The van der Waals surface area contributed by atoms with E-state index in [2.05, 4.69) is 54.3 Å². The second-order valence-corrected chi connectivity index (χ2v) is 7.58. The maximum atomic E-state index is 5.30. The Morgan fingerprint density at radius 2 is 1.93 bits per heavy atom. The summed E-state index contributed by atoms with van der Waals surface area (Å²) in [5, 5.41) is 6.93. The highest BCUT2D eigenvalue weighted by Gasteiger charge is 2.25. The van der Waals surface area contributed by atoms with E-state index in [9.17, 15) is 0 Å². The largest absolute Gasteiger partial charge is 0.497 e. The van der Waals surface area contributed by atoms with Gasteiger partial charge in [-0.2, -0.15) is 0 Å². The number of nitrogens with one attached hydrogen (secondary N) is 2.